The van der Waals surface area contributed by atoms with Gasteiger partial charge in [0.25, 0.3) is 0 Å². The normalized spacial score (nSPS) is 14.3. The third kappa shape index (κ3) is 5.16. The third-order valence-corrected chi connectivity index (χ3v) is 5.07. The van der Waals surface area contributed by atoms with Gasteiger partial charge < -0.3 is 5.32 Å². The molecule has 21 heavy (non-hydrogen) atoms. The Labute approximate surface area is 131 Å². The summed E-state index contributed by atoms with van der Waals surface area (Å²) < 4.78 is 0.731. The lowest BCUT2D eigenvalue weighted by molar-refractivity contribution is -0.132. The summed E-state index contributed by atoms with van der Waals surface area (Å²) in [7, 11) is 0. The van der Waals surface area contributed by atoms with Crippen LogP contribution in [0.2, 0.25) is 0 Å². The predicted molar refractivity (Wildman–Crippen MR) is 83.0 cm³/mol. The summed E-state index contributed by atoms with van der Waals surface area (Å²) in [6.07, 6.45) is 3.93. The monoisotopic (exact) mass is 329 g/mol. The second-order valence-electron chi connectivity index (χ2n) is 4.75. The molecule has 9 heteroatoms. The highest BCUT2D eigenvalue weighted by molar-refractivity contribution is 8.01. The number of hydrogen-bond donors (Lipinski definition) is 3. The van der Waals surface area contributed by atoms with Crippen LogP contribution in [-0.4, -0.2) is 34.3 Å². The summed E-state index contributed by atoms with van der Waals surface area (Å²) >= 11 is 2.72. The Morgan fingerprint density at radius 3 is 2.81 bits per heavy atom. The zero-order valence-corrected chi connectivity index (χ0v) is 13.5. The predicted octanol–water partition coefficient (Wildman–Crippen LogP) is 1.40. The van der Waals surface area contributed by atoms with Crippen LogP contribution < -0.4 is 16.2 Å². The lowest BCUT2D eigenvalue weighted by atomic mass is 9.85. The van der Waals surface area contributed by atoms with E-state index in [2.05, 4.69) is 33.3 Å². The van der Waals surface area contributed by atoms with Crippen molar-refractivity contribution in [2.24, 2.45) is 5.92 Å². The molecule has 3 N–H and O–H groups in total. The Hall–Kier alpha value is -1.35. The molecule has 1 aromatic rings. The molecule has 0 radical (unpaired) electrons. The topological polar surface area (TPSA) is 96.0 Å². The molecule has 1 aliphatic rings. The highest BCUT2D eigenvalue weighted by Crippen LogP contribution is 2.26. The number of rotatable bonds is 7. The molecule has 1 heterocycles. The summed E-state index contributed by atoms with van der Waals surface area (Å²) in [6.45, 7) is 2.93. The van der Waals surface area contributed by atoms with Crippen LogP contribution in [0.3, 0.4) is 0 Å². The maximum Gasteiger partial charge on any atom is 0.248 e. The minimum atomic E-state index is -0.244. The zero-order chi connectivity index (χ0) is 15.1. The fourth-order valence-electron chi connectivity index (χ4n) is 1.64. The number of thioether (sulfide) groups is 1. The molecule has 1 aliphatic carbocycles. The number of nitrogens with one attached hydrogen (secondary N) is 3. The highest BCUT2D eigenvalue weighted by Gasteiger charge is 2.25. The van der Waals surface area contributed by atoms with Crippen LogP contribution >= 0.6 is 23.1 Å². The van der Waals surface area contributed by atoms with Crippen LogP contribution in [0.5, 0.6) is 0 Å². The average molecular weight is 329 g/mol. The van der Waals surface area contributed by atoms with Gasteiger partial charge in [0.2, 0.25) is 16.9 Å². The summed E-state index contributed by atoms with van der Waals surface area (Å²) in [4.78, 5) is 23.2. The second-order valence-corrected chi connectivity index (χ2v) is 6.95. The smallest absolute Gasteiger partial charge is 0.248 e. The van der Waals surface area contributed by atoms with Crippen LogP contribution in [0.15, 0.2) is 4.34 Å². The number of aromatic nitrogens is 2. The van der Waals surface area contributed by atoms with Crippen LogP contribution in [0.25, 0.3) is 0 Å². The first-order valence-electron chi connectivity index (χ1n) is 6.98. The lowest BCUT2D eigenvalue weighted by Gasteiger charge is -2.23. The van der Waals surface area contributed by atoms with Crippen molar-refractivity contribution in [3.8, 4) is 0 Å². The number of hydrazine groups is 1. The van der Waals surface area contributed by atoms with Gasteiger partial charge >= 0.3 is 0 Å². The van der Waals surface area contributed by atoms with Crippen LogP contribution in [0.1, 0.15) is 32.6 Å². The van der Waals surface area contributed by atoms with Crippen molar-refractivity contribution in [1.82, 2.24) is 21.0 Å². The number of nitrogens with zero attached hydrogens (tertiary/aromatic N) is 2. The molecule has 116 valence electrons. The van der Waals surface area contributed by atoms with Gasteiger partial charge in [-0.2, -0.15) is 0 Å². The van der Waals surface area contributed by atoms with Crippen LogP contribution in [0.4, 0.5) is 5.13 Å². The minimum Gasteiger partial charge on any atom is -0.360 e. The van der Waals surface area contributed by atoms with E-state index in [0.29, 0.717) is 0 Å². The fraction of sp³-hybridized carbons (Fsp3) is 0.667. The van der Waals surface area contributed by atoms with Gasteiger partial charge in [-0.15, -0.1) is 10.2 Å². The first-order chi connectivity index (χ1) is 10.2. The van der Waals surface area contributed by atoms with Crippen molar-refractivity contribution >= 4 is 40.0 Å². The summed E-state index contributed by atoms with van der Waals surface area (Å²) in [6, 6.07) is 0. The Bertz CT molecular complexity index is 490. The Morgan fingerprint density at radius 1 is 1.33 bits per heavy atom. The van der Waals surface area contributed by atoms with Crippen molar-refractivity contribution in [3.05, 3.63) is 0 Å². The maximum absolute atomic E-state index is 11.6. The quantitative estimate of drug-likeness (QED) is 0.517. The first kappa shape index (κ1) is 16.0. The fourth-order valence-corrected chi connectivity index (χ4v) is 3.22. The average Bonchev–Trinajstić information content (AvgIpc) is 2.86. The first-order valence-corrected chi connectivity index (χ1v) is 8.78. The Kier molecular flexibility index (Phi) is 6.24. The maximum atomic E-state index is 11.6. The zero-order valence-electron chi connectivity index (χ0n) is 11.8. The number of carbonyl (C=O) groups is 2. The van der Waals surface area contributed by atoms with Gasteiger partial charge in [-0.05, 0) is 19.3 Å². The van der Waals surface area contributed by atoms with Gasteiger partial charge in [0.1, 0.15) is 0 Å². The van der Waals surface area contributed by atoms with Crippen molar-refractivity contribution in [1.29, 1.82) is 0 Å². The van der Waals surface area contributed by atoms with E-state index in [0.717, 1.165) is 41.7 Å². The number of amides is 2. The van der Waals surface area contributed by atoms with E-state index < -0.39 is 0 Å². The molecule has 0 unspecified atom stereocenters. The van der Waals surface area contributed by atoms with Crippen molar-refractivity contribution in [2.45, 2.75) is 36.9 Å². The molecular formula is C12H19N5O2S2. The van der Waals surface area contributed by atoms with Gasteiger partial charge in [-0.3, -0.25) is 20.4 Å². The van der Waals surface area contributed by atoms with E-state index in [1.54, 1.807) is 0 Å². The summed E-state index contributed by atoms with van der Waals surface area (Å²) in [5.41, 5.74) is 4.88. The molecular weight excluding hydrogens is 310 g/mol. The van der Waals surface area contributed by atoms with Gasteiger partial charge in [-0.25, -0.2) is 0 Å². The number of anilines is 1. The van der Waals surface area contributed by atoms with Crippen LogP contribution in [0, 0.1) is 5.92 Å². The van der Waals surface area contributed by atoms with Crippen molar-refractivity contribution in [2.75, 3.05) is 17.6 Å². The van der Waals surface area contributed by atoms with E-state index in [1.165, 1.54) is 23.1 Å². The summed E-state index contributed by atoms with van der Waals surface area (Å²) in [5.74, 6) is -0.0753. The Balaban J connectivity index is 1.63. The molecule has 2 amide bonds. The van der Waals surface area contributed by atoms with Crippen molar-refractivity contribution in [3.63, 3.8) is 0 Å². The molecule has 7 nitrogen and oxygen atoms in total. The molecule has 0 aliphatic heterocycles. The van der Waals surface area contributed by atoms with E-state index in [4.69, 9.17) is 0 Å². The van der Waals surface area contributed by atoms with Gasteiger partial charge in [0.05, 0.1) is 5.75 Å². The summed E-state index contributed by atoms with van der Waals surface area (Å²) in [5, 5.41) is 11.9. The van der Waals surface area contributed by atoms with Crippen LogP contribution in [-0.2, 0) is 9.59 Å². The van der Waals surface area contributed by atoms with Crippen molar-refractivity contribution < 1.29 is 9.59 Å². The lowest BCUT2D eigenvalue weighted by Crippen LogP contribution is -2.46. The van der Waals surface area contributed by atoms with E-state index in [-0.39, 0.29) is 23.5 Å². The van der Waals surface area contributed by atoms with E-state index >= 15 is 0 Å². The molecule has 0 aromatic carbocycles. The molecule has 1 saturated carbocycles. The Morgan fingerprint density at radius 2 is 2.14 bits per heavy atom. The van der Waals surface area contributed by atoms with Gasteiger partial charge in [0, 0.05) is 12.5 Å². The number of carbonyl (C=O) groups excluding carboxylic acids is 2. The molecule has 1 fully saturated rings. The number of hydrogen-bond acceptors (Lipinski definition) is 7. The standard InChI is InChI=1S/C12H19N5O2S2/c1-2-6-13-11-16-17-12(21-11)20-7-9(18)14-15-10(19)8-4-3-5-8/h8H,2-7H2,1H3,(H,13,16)(H,14,18)(H,15,19). The SMILES string of the molecule is CCCNc1nnc(SCC(=O)NNC(=O)C2CCC2)s1. The molecule has 0 spiro atoms. The minimum absolute atomic E-state index is 0.0633. The van der Waals surface area contributed by atoms with E-state index in [1.807, 2.05) is 0 Å². The van der Waals surface area contributed by atoms with Gasteiger partial charge in [-0.1, -0.05) is 36.4 Å². The van der Waals surface area contributed by atoms with E-state index in [9.17, 15) is 9.59 Å². The molecule has 1 aromatic heterocycles. The van der Waals surface area contributed by atoms with Gasteiger partial charge in [0.15, 0.2) is 4.34 Å². The third-order valence-electron chi connectivity index (χ3n) is 3.06. The molecule has 0 bridgehead atoms. The molecule has 2 rings (SSSR count). The molecule has 0 atom stereocenters. The molecule has 0 saturated heterocycles. The second kappa shape index (κ2) is 8.18. The largest absolute Gasteiger partial charge is 0.360 e. The highest BCUT2D eigenvalue weighted by atomic mass is 32.2.